The largest absolute Gasteiger partial charge is 0.497 e. The lowest BCUT2D eigenvalue weighted by Gasteiger charge is -2.21. The van der Waals surface area contributed by atoms with Crippen LogP contribution in [0.15, 0.2) is 48.5 Å². The minimum Gasteiger partial charge on any atom is -0.497 e. The molecule has 0 aromatic heterocycles. The first kappa shape index (κ1) is 18.3. The molecule has 128 valence electrons. The fourth-order valence-electron chi connectivity index (χ4n) is 2.45. The van der Waals surface area contributed by atoms with Gasteiger partial charge >= 0.3 is 0 Å². The lowest BCUT2D eigenvalue weighted by molar-refractivity contribution is -0.123. The molecule has 2 atom stereocenters. The summed E-state index contributed by atoms with van der Waals surface area (Å²) in [6.45, 7) is 4.32. The second-order valence-electron chi connectivity index (χ2n) is 5.70. The maximum atomic E-state index is 12.3. The van der Waals surface area contributed by atoms with E-state index in [9.17, 15) is 4.79 Å². The summed E-state index contributed by atoms with van der Waals surface area (Å²) in [6, 6.07) is 14.9. The smallest absolute Gasteiger partial charge is 0.237 e. The first-order valence-corrected chi connectivity index (χ1v) is 8.30. The Morgan fingerprint density at radius 2 is 1.79 bits per heavy atom. The van der Waals surface area contributed by atoms with Crippen LogP contribution in [0, 0.1) is 0 Å². The number of amides is 1. The van der Waals surface area contributed by atoms with E-state index in [1.165, 1.54) is 0 Å². The summed E-state index contributed by atoms with van der Waals surface area (Å²) >= 11 is 6.20. The van der Waals surface area contributed by atoms with Gasteiger partial charge in [0.05, 0.1) is 13.2 Å². The van der Waals surface area contributed by atoms with E-state index in [1.54, 1.807) is 7.11 Å². The molecule has 0 fully saturated rings. The number of ether oxygens (including phenoxy) is 1. The van der Waals surface area contributed by atoms with Crippen molar-refractivity contribution < 1.29 is 9.53 Å². The minimum atomic E-state index is -0.325. The van der Waals surface area contributed by atoms with Gasteiger partial charge in [-0.25, -0.2) is 0 Å². The van der Waals surface area contributed by atoms with Gasteiger partial charge in [0.1, 0.15) is 5.75 Å². The van der Waals surface area contributed by atoms with E-state index in [1.807, 2.05) is 62.4 Å². The summed E-state index contributed by atoms with van der Waals surface area (Å²) in [5.74, 6) is 0.749. The molecule has 24 heavy (non-hydrogen) atoms. The van der Waals surface area contributed by atoms with Crippen molar-refractivity contribution in [1.82, 2.24) is 10.6 Å². The van der Waals surface area contributed by atoms with Crippen LogP contribution in [0.5, 0.6) is 5.75 Å². The van der Waals surface area contributed by atoms with E-state index >= 15 is 0 Å². The highest BCUT2D eigenvalue weighted by molar-refractivity contribution is 6.31. The van der Waals surface area contributed by atoms with Crippen molar-refractivity contribution in [2.24, 2.45) is 0 Å². The number of methoxy groups -OCH3 is 1. The number of nitrogens with one attached hydrogen (secondary N) is 2. The van der Waals surface area contributed by atoms with E-state index in [4.69, 9.17) is 16.3 Å². The zero-order valence-corrected chi connectivity index (χ0v) is 14.9. The molecule has 4 nitrogen and oxygen atoms in total. The van der Waals surface area contributed by atoms with Crippen molar-refractivity contribution in [2.75, 3.05) is 7.11 Å². The Kier molecular flexibility index (Phi) is 6.64. The molecule has 2 N–H and O–H groups in total. The standard InChI is InChI=1S/C19H23ClN2O2/c1-13(17-6-4-5-7-18(17)20)22-14(2)19(23)21-12-15-8-10-16(24-3)11-9-15/h4-11,13-14,22H,12H2,1-3H3,(H,21,23)/t13-,14+/m1/s1. The highest BCUT2D eigenvalue weighted by Crippen LogP contribution is 2.22. The molecule has 0 unspecified atom stereocenters. The third kappa shape index (κ3) is 4.98. The summed E-state index contributed by atoms with van der Waals surface area (Å²) < 4.78 is 5.12. The molecule has 0 bridgehead atoms. The number of carbonyl (C=O) groups excluding carboxylic acids is 1. The Morgan fingerprint density at radius 3 is 2.42 bits per heavy atom. The molecule has 2 rings (SSSR count). The van der Waals surface area contributed by atoms with Crippen LogP contribution in [0.2, 0.25) is 5.02 Å². The van der Waals surface area contributed by atoms with Crippen LogP contribution in [-0.2, 0) is 11.3 Å². The molecular formula is C19H23ClN2O2. The number of carbonyl (C=O) groups is 1. The average Bonchev–Trinajstić information content (AvgIpc) is 2.60. The predicted octanol–water partition coefficient (Wildman–Crippen LogP) is 3.70. The summed E-state index contributed by atoms with van der Waals surface area (Å²) in [5.41, 5.74) is 2.00. The topological polar surface area (TPSA) is 50.4 Å². The van der Waals surface area contributed by atoms with Crippen molar-refractivity contribution in [3.05, 3.63) is 64.7 Å². The maximum absolute atomic E-state index is 12.3. The minimum absolute atomic E-state index is 0.0135. The fraction of sp³-hybridized carbons (Fsp3) is 0.316. The molecule has 0 saturated carbocycles. The summed E-state index contributed by atoms with van der Waals surface area (Å²) in [5, 5.41) is 6.90. The monoisotopic (exact) mass is 346 g/mol. The van der Waals surface area contributed by atoms with E-state index in [0.29, 0.717) is 11.6 Å². The van der Waals surface area contributed by atoms with Crippen molar-refractivity contribution in [2.45, 2.75) is 32.5 Å². The van der Waals surface area contributed by atoms with E-state index < -0.39 is 0 Å². The van der Waals surface area contributed by atoms with Crippen molar-refractivity contribution >= 4 is 17.5 Å². The number of hydrogen-bond donors (Lipinski definition) is 2. The van der Waals surface area contributed by atoms with Gasteiger partial charge in [-0.2, -0.15) is 0 Å². The molecule has 2 aromatic rings. The number of hydrogen-bond acceptors (Lipinski definition) is 3. The highest BCUT2D eigenvalue weighted by Gasteiger charge is 2.17. The van der Waals surface area contributed by atoms with Crippen LogP contribution in [0.4, 0.5) is 0 Å². The van der Waals surface area contributed by atoms with Crippen LogP contribution < -0.4 is 15.4 Å². The Bertz CT molecular complexity index is 673. The maximum Gasteiger partial charge on any atom is 0.237 e. The molecule has 0 radical (unpaired) electrons. The molecule has 0 spiro atoms. The fourth-order valence-corrected chi connectivity index (χ4v) is 2.75. The van der Waals surface area contributed by atoms with Gasteiger partial charge in [0, 0.05) is 17.6 Å². The van der Waals surface area contributed by atoms with Gasteiger partial charge in [0.15, 0.2) is 0 Å². The van der Waals surface area contributed by atoms with Crippen LogP contribution >= 0.6 is 11.6 Å². The molecular weight excluding hydrogens is 324 g/mol. The first-order valence-electron chi connectivity index (χ1n) is 7.92. The summed E-state index contributed by atoms with van der Waals surface area (Å²) in [6.07, 6.45) is 0. The van der Waals surface area contributed by atoms with Gasteiger partial charge in [-0.1, -0.05) is 41.9 Å². The van der Waals surface area contributed by atoms with Crippen molar-refractivity contribution in [1.29, 1.82) is 0 Å². The van der Waals surface area contributed by atoms with Gasteiger partial charge in [0.2, 0.25) is 5.91 Å². The first-order chi connectivity index (χ1) is 11.5. The third-order valence-electron chi connectivity index (χ3n) is 3.89. The average molecular weight is 347 g/mol. The Balaban J connectivity index is 1.86. The normalized spacial score (nSPS) is 13.2. The Labute approximate surface area is 148 Å². The van der Waals surface area contributed by atoms with Crippen LogP contribution in [0.25, 0.3) is 0 Å². The lowest BCUT2D eigenvalue weighted by Crippen LogP contribution is -2.42. The highest BCUT2D eigenvalue weighted by atomic mass is 35.5. The van der Waals surface area contributed by atoms with Gasteiger partial charge in [-0.3, -0.25) is 10.1 Å². The second kappa shape index (κ2) is 8.71. The second-order valence-corrected chi connectivity index (χ2v) is 6.10. The molecule has 0 saturated heterocycles. The number of halogens is 1. The summed E-state index contributed by atoms with van der Waals surface area (Å²) in [4.78, 5) is 12.3. The van der Waals surface area contributed by atoms with Crippen molar-refractivity contribution in [3.8, 4) is 5.75 Å². The van der Waals surface area contributed by atoms with E-state index in [2.05, 4.69) is 10.6 Å². The zero-order chi connectivity index (χ0) is 17.5. The van der Waals surface area contributed by atoms with Gasteiger partial charge in [-0.15, -0.1) is 0 Å². The van der Waals surface area contributed by atoms with Crippen LogP contribution in [0.3, 0.4) is 0 Å². The number of benzene rings is 2. The van der Waals surface area contributed by atoms with Crippen LogP contribution in [-0.4, -0.2) is 19.1 Å². The van der Waals surface area contributed by atoms with Gasteiger partial charge < -0.3 is 10.1 Å². The SMILES string of the molecule is COc1ccc(CNC(=O)[C@H](C)N[C@H](C)c2ccccc2Cl)cc1. The summed E-state index contributed by atoms with van der Waals surface area (Å²) in [7, 11) is 1.63. The van der Waals surface area contributed by atoms with Gasteiger partial charge in [0.25, 0.3) is 0 Å². The zero-order valence-electron chi connectivity index (χ0n) is 14.2. The molecule has 0 aliphatic rings. The molecule has 0 heterocycles. The number of rotatable bonds is 7. The third-order valence-corrected chi connectivity index (χ3v) is 4.24. The Hall–Kier alpha value is -2.04. The molecule has 1 amide bonds. The quantitative estimate of drug-likeness (QED) is 0.803. The van der Waals surface area contributed by atoms with E-state index in [0.717, 1.165) is 16.9 Å². The van der Waals surface area contributed by atoms with E-state index in [-0.39, 0.29) is 18.0 Å². The molecule has 0 aliphatic carbocycles. The van der Waals surface area contributed by atoms with Gasteiger partial charge in [-0.05, 0) is 43.2 Å². The van der Waals surface area contributed by atoms with Crippen LogP contribution in [0.1, 0.15) is 31.0 Å². The lowest BCUT2D eigenvalue weighted by atomic mass is 10.1. The molecule has 2 aromatic carbocycles. The Morgan fingerprint density at radius 1 is 1.12 bits per heavy atom. The molecule has 5 heteroatoms. The predicted molar refractivity (Wildman–Crippen MR) is 97.3 cm³/mol. The van der Waals surface area contributed by atoms with Crippen molar-refractivity contribution in [3.63, 3.8) is 0 Å². The molecule has 0 aliphatic heterocycles.